The van der Waals surface area contributed by atoms with Gasteiger partial charge in [0.25, 0.3) is 0 Å². The molecule has 1 rings (SSSR count). The third kappa shape index (κ3) is 2.19. The summed E-state index contributed by atoms with van der Waals surface area (Å²) in [6, 6.07) is -0.0851. The van der Waals surface area contributed by atoms with E-state index in [9.17, 15) is 0 Å². The molecule has 1 aromatic rings. The molecule has 14 heavy (non-hydrogen) atoms. The summed E-state index contributed by atoms with van der Waals surface area (Å²) in [6.45, 7) is 4.13. The first-order valence-electron chi connectivity index (χ1n) is 4.57. The van der Waals surface area contributed by atoms with Crippen molar-refractivity contribution in [3.63, 3.8) is 0 Å². The molecule has 2 N–H and O–H groups in total. The molecule has 0 fully saturated rings. The first-order valence-corrected chi connectivity index (χ1v) is 6.31. The Balaban J connectivity index is 2.94. The van der Waals surface area contributed by atoms with Crippen LogP contribution in [0.3, 0.4) is 0 Å². The van der Waals surface area contributed by atoms with Crippen LogP contribution >= 0.6 is 27.3 Å². The van der Waals surface area contributed by atoms with E-state index in [1.165, 1.54) is 0 Å². The number of hydrogen-bond donors (Lipinski definition) is 1. The summed E-state index contributed by atoms with van der Waals surface area (Å²) in [7, 11) is 1.71. The second-order valence-corrected chi connectivity index (χ2v) is 5.12. The lowest BCUT2D eigenvalue weighted by atomic mass is 9.90. The number of hydrogen-bond acceptors (Lipinski definition) is 3. The van der Waals surface area contributed by atoms with Crippen LogP contribution in [0.5, 0.6) is 0 Å². The second kappa shape index (κ2) is 4.75. The second-order valence-electron chi connectivity index (χ2n) is 3.52. The number of nitrogens with two attached hydrogens (primary N) is 1. The van der Waals surface area contributed by atoms with Crippen LogP contribution in [0, 0.1) is 0 Å². The van der Waals surface area contributed by atoms with E-state index in [0.717, 1.165) is 16.5 Å². The number of thiophene rings is 1. The van der Waals surface area contributed by atoms with Gasteiger partial charge in [-0.25, -0.2) is 0 Å². The summed E-state index contributed by atoms with van der Waals surface area (Å²) < 4.78 is 6.56. The van der Waals surface area contributed by atoms with Gasteiger partial charge in [-0.3, -0.25) is 0 Å². The van der Waals surface area contributed by atoms with Crippen LogP contribution in [0.2, 0.25) is 0 Å². The molecule has 0 saturated carbocycles. The summed E-state index contributed by atoms with van der Waals surface area (Å²) in [6.07, 6.45) is 0.896. The highest BCUT2D eigenvalue weighted by molar-refractivity contribution is 9.10. The fourth-order valence-corrected chi connectivity index (χ4v) is 2.91. The van der Waals surface area contributed by atoms with E-state index in [2.05, 4.69) is 28.2 Å². The Labute approximate surface area is 97.6 Å². The molecule has 0 aliphatic carbocycles. The van der Waals surface area contributed by atoms with Gasteiger partial charge in [-0.2, -0.15) is 11.3 Å². The molecule has 4 heteroatoms. The Bertz CT molecular complexity index is 296. The molecule has 0 radical (unpaired) electrons. The molecule has 2 atom stereocenters. The highest BCUT2D eigenvalue weighted by Gasteiger charge is 2.32. The smallest absolute Gasteiger partial charge is 0.0840 e. The van der Waals surface area contributed by atoms with Gasteiger partial charge < -0.3 is 10.5 Å². The normalized spacial score (nSPS) is 17.8. The van der Waals surface area contributed by atoms with Crippen molar-refractivity contribution in [3.8, 4) is 0 Å². The Morgan fingerprint density at radius 1 is 1.64 bits per heavy atom. The number of rotatable bonds is 4. The van der Waals surface area contributed by atoms with E-state index in [1.807, 2.05) is 12.3 Å². The molecule has 0 aromatic carbocycles. The average Bonchev–Trinajstić information content (AvgIpc) is 2.62. The van der Waals surface area contributed by atoms with Gasteiger partial charge in [0, 0.05) is 17.0 Å². The first-order chi connectivity index (χ1) is 6.55. The molecule has 0 spiro atoms. The molecule has 0 aliphatic rings. The van der Waals surface area contributed by atoms with Crippen molar-refractivity contribution in [1.29, 1.82) is 0 Å². The standard InChI is InChI=1S/C10H16BrNOS/c1-4-10(2,13-3)9(12)7-5-14-6-8(7)11/h5-6,9H,4,12H2,1-3H3. The molecule has 2 unspecified atom stereocenters. The van der Waals surface area contributed by atoms with Gasteiger partial charge in [0.05, 0.1) is 11.6 Å². The van der Waals surface area contributed by atoms with Gasteiger partial charge >= 0.3 is 0 Å². The van der Waals surface area contributed by atoms with Crippen LogP contribution in [-0.2, 0) is 4.74 Å². The third-order valence-electron chi connectivity index (χ3n) is 2.80. The summed E-state index contributed by atoms with van der Waals surface area (Å²) in [5, 5.41) is 4.11. The summed E-state index contributed by atoms with van der Waals surface area (Å²) in [4.78, 5) is 0. The maximum absolute atomic E-state index is 6.19. The molecular weight excluding hydrogens is 262 g/mol. The number of halogens is 1. The number of ether oxygens (including phenoxy) is 1. The Morgan fingerprint density at radius 3 is 2.64 bits per heavy atom. The zero-order chi connectivity index (χ0) is 10.8. The predicted octanol–water partition coefficient (Wildman–Crippen LogP) is 3.33. The summed E-state index contributed by atoms with van der Waals surface area (Å²) >= 11 is 5.14. The van der Waals surface area contributed by atoms with E-state index in [-0.39, 0.29) is 11.6 Å². The van der Waals surface area contributed by atoms with Gasteiger partial charge in [0.2, 0.25) is 0 Å². The molecule has 2 nitrogen and oxygen atoms in total. The minimum absolute atomic E-state index is 0.0851. The summed E-state index contributed by atoms with van der Waals surface area (Å²) in [5.41, 5.74) is 7.03. The highest BCUT2D eigenvalue weighted by Crippen LogP contribution is 2.35. The Hall–Kier alpha value is 0.100. The van der Waals surface area contributed by atoms with E-state index >= 15 is 0 Å². The molecule has 0 saturated heterocycles. The number of methoxy groups -OCH3 is 1. The lowest BCUT2D eigenvalue weighted by Crippen LogP contribution is -2.39. The monoisotopic (exact) mass is 277 g/mol. The van der Waals surface area contributed by atoms with Gasteiger partial charge in [-0.1, -0.05) is 6.92 Å². The minimum Gasteiger partial charge on any atom is -0.377 e. The maximum Gasteiger partial charge on any atom is 0.0840 e. The first kappa shape index (κ1) is 12.2. The molecule has 0 amide bonds. The van der Waals surface area contributed by atoms with Crippen molar-refractivity contribution in [3.05, 3.63) is 20.8 Å². The zero-order valence-corrected chi connectivity index (χ0v) is 11.1. The van der Waals surface area contributed by atoms with Crippen molar-refractivity contribution >= 4 is 27.3 Å². The lowest BCUT2D eigenvalue weighted by molar-refractivity contribution is -0.0195. The van der Waals surface area contributed by atoms with Crippen molar-refractivity contribution in [2.75, 3.05) is 7.11 Å². The largest absolute Gasteiger partial charge is 0.377 e. The molecular formula is C10H16BrNOS. The maximum atomic E-state index is 6.19. The average molecular weight is 278 g/mol. The minimum atomic E-state index is -0.288. The molecule has 0 aliphatic heterocycles. The van der Waals surface area contributed by atoms with Crippen LogP contribution in [0.4, 0.5) is 0 Å². The molecule has 1 heterocycles. The van der Waals surface area contributed by atoms with Crippen molar-refractivity contribution in [1.82, 2.24) is 0 Å². The molecule has 80 valence electrons. The van der Waals surface area contributed by atoms with Crippen LogP contribution in [0.15, 0.2) is 15.2 Å². The molecule has 1 aromatic heterocycles. The molecule has 0 bridgehead atoms. The quantitative estimate of drug-likeness (QED) is 0.917. The topological polar surface area (TPSA) is 35.2 Å². The van der Waals surface area contributed by atoms with Crippen molar-refractivity contribution in [2.24, 2.45) is 5.73 Å². The van der Waals surface area contributed by atoms with E-state index in [0.29, 0.717) is 0 Å². The van der Waals surface area contributed by atoms with Crippen LogP contribution < -0.4 is 5.73 Å². The summed E-state index contributed by atoms with van der Waals surface area (Å²) in [5.74, 6) is 0. The van der Waals surface area contributed by atoms with Crippen LogP contribution in [0.25, 0.3) is 0 Å². The fraction of sp³-hybridized carbons (Fsp3) is 0.600. The van der Waals surface area contributed by atoms with Gasteiger partial charge in [-0.15, -0.1) is 0 Å². The van der Waals surface area contributed by atoms with Gasteiger partial charge in [0.1, 0.15) is 0 Å². The van der Waals surface area contributed by atoms with Gasteiger partial charge in [0.15, 0.2) is 0 Å². The fourth-order valence-electron chi connectivity index (χ4n) is 1.33. The Kier molecular flexibility index (Phi) is 4.13. The van der Waals surface area contributed by atoms with Crippen LogP contribution in [-0.4, -0.2) is 12.7 Å². The van der Waals surface area contributed by atoms with Crippen molar-refractivity contribution in [2.45, 2.75) is 31.9 Å². The van der Waals surface area contributed by atoms with Gasteiger partial charge in [-0.05, 0) is 40.2 Å². The predicted molar refractivity (Wildman–Crippen MR) is 64.7 cm³/mol. The van der Waals surface area contributed by atoms with E-state index in [4.69, 9.17) is 10.5 Å². The lowest BCUT2D eigenvalue weighted by Gasteiger charge is -2.33. The third-order valence-corrected chi connectivity index (χ3v) is 4.56. The van der Waals surface area contributed by atoms with Crippen LogP contribution in [0.1, 0.15) is 31.9 Å². The van der Waals surface area contributed by atoms with Crippen molar-refractivity contribution < 1.29 is 4.74 Å². The SMILES string of the molecule is CCC(C)(OC)C(N)c1cscc1Br. The zero-order valence-electron chi connectivity index (χ0n) is 8.71. The van der Waals surface area contributed by atoms with E-state index in [1.54, 1.807) is 18.4 Å². The highest BCUT2D eigenvalue weighted by atomic mass is 79.9. The van der Waals surface area contributed by atoms with E-state index < -0.39 is 0 Å². The Morgan fingerprint density at radius 2 is 2.29 bits per heavy atom.